The molecule has 0 heterocycles. The summed E-state index contributed by atoms with van der Waals surface area (Å²) in [5.41, 5.74) is 2.53. The molecule has 2 aromatic rings. The van der Waals surface area contributed by atoms with Crippen molar-refractivity contribution in [1.29, 1.82) is 0 Å². The summed E-state index contributed by atoms with van der Waals surface area (Å²) in [6, 6.07) is 9.86. The van der Waals surface area contributed by atoms with Gasteiger partial charge in [0.05, 0.1) is 10.6 Å². The molecule has 0 aliphatic carbocycles. The third kappa shape index (κ3) is 5.44. The summed E-state index contributed by atoms with van der Waals surface area (Å²) >= 11 is 10.8. The lowest BCUT2D eigenvalue weighted by Crippen LogP contribution is -2.37. The number of ether oxygens (including phenoxy) is 1. The first kappa shape index (κ1) is 19.7. The van der Waals surface area contributed by atoms with Gasteiger partial charge in [-0.1, -0.05) is 17.7 Å². The number of carbonyl (C=O) groups excluding carboxylic acids is 1. The molecular weight excluding hydrogens is 376 g/mol. The minimum atomic E-state index is -1.16. The first-order valence-corrected chi connectivity index (χ1v) is 8.38. The largest absolute Gasteiger partial charge is 0.484 e. The van der Waals surface area contributed by atoms with E-state index in [-0.39, 0.29) is 22.3 Å². The Bertz CT molecular complexity index is 870. The molecule has 0 spiro atoms. The monoisotopic (exact) mass is 392 g/mol. The molecule has 6 nitrogen and oxygen atoms in total. The summed E-state index contributed by atoms with van der Waals surface area (Å²) in [6.07, 6.45) is 0. The number of benzene rings is 2. The first-order valence-electron chi connectivity index (χ1n) is 7.60. The van der Waals surface area contributed by atoms with Crippen molar-refractivity contribution in [2.24, 2.45) is 0 Å². The molecule has 0 saturated carbocycles. The second kappa shape index (κ2) is 8.64. The number of carboxylic acid groups (broad SMARTS) is 1. The first-order chi connectivity index (χ1) is 12.3. The summed E-state index contributed by atoms with van der Waals surface area (Å²) in [5, 5.41) is 14.4. The minimum Gasteiger partial charge on any atom is -0.484 e. The molecule has 0 atom stereocenters. The van der Waals surface area contributed by atoms with Crippen molar-refractivity contribution in [2.75, 3.05) is 11.9 Å². The summed E-state index contributed by atoms with van der Waals surface area (Å²) in [5.74, 6) is -1.01. The average Bonchev–Trinajstić information content (AvgIpc) is 2.57. The van der Waals surface area contributed by atoms with Crippen LogP contribution in [0.25, 0.3) is 0 Å². The zero-order valence-electron chi connectivity index (χ0n) is 14.1. The molecule has 0 unspecified atom stereocenters. The number of carbonyl (C=O) groups is 2. The molecule has 2 aromatic carbocycles. The Balaban J connectivity index is 1.89. The van der Waals surface area contributed by atoms with Crippen LogP contribution >= 0.6 is 23.8 Å². The quantitative estimate of drug-likeness (QED) is 0.674. The second-order valence-electron chi connectivity index (χ2n) is 5.54. The van der Waals surface area contributed by atoms with Gasteiger partial charge in [-0.25, -0.2) is 4.79 Å². The number of carboxylic acids is 1. The molecule has 0 aliphatic heterocycles. The van der Waals surface area contributed by atoms with Crippen molar-refractivity contribution in [3.8, 4) is 5.75 Å². The standard InChI is InChI=1S/C18H17ClN2O4S/c1-10-3-5-13(7-11(10)2)25-9-16(22)21-18(26)20-12-4-6-15(19)14(8-12)17(23)24/h3-8H,9H2,1-2H3,(H,23,24)(H2,20,21,22,26). The van der Waals surface area contributed by atoms with Gasteiger partial charge in [-0.05, 0) is 67.5 Å². The van der Waals surface area contributed by atoms with Gasteiger partial charge in [0.1, 0.15) is 5.75 Å². The van der Waals surface area contributed by atoms with Gasteiger partial charge in [-0.15, -0.1) is 0 Å². The predicted molar refractivity (Wildman–Crippen MR) is 104 cm³/mol. The lowest BCUT2D eigenvalue weighted by Gasteiger charge is -2.12. The highest BCUT2D eigenvalue weighted by molar-refractivity contribution is 7.80. The van der Waals surface area contributed by atoms with Crippen molar-refractivity contribution >= 4 is 46.5 Å². The van der Waals surface area contributed by atoms with Crippen molar-refractivity contribution in [2.45, 2.75) is 13.8 Å². The van der Waals surface area contributed by atoms with E-state index >= 15 is 0 Å². The highest BCUT2D eigenvalue weighted by Crippen LogP contribution is 2.20. The third-order valence-corrected chi connectivity index (χ3v) is 4.09. The molecule has 26 heavy (non-hydrogen) atoms. The molecule has 0 saturated heterocycles. The van der Waals surface area contributed by atoms with Crippen LogP contribution in [-0.2, 0) is 4.79 Å². The fourth-order valence-electron chi connectivity index (χ4n) is 2.04. The SMILES string of the molecule is Cc1ccc(OCC(=O)NC(=S)Nc2ccc(Cl)c(C(=O)O)c2)cc1C. The van der Waals surface area contributed by atoms with Crippen LogP contribution in [0.5, 0.6) is 5.75 Å². The molecule has 3 N–H and O–H groups in total. The molecule has 0 aliphatic rings. The Morgan fingerprint density at radius 2 is 1.88 bits per heavy atom. The maximum atomic E-state index is 11.9. The number of amides is 1. The molecule has 136 valence electrons. The number of anilines is 1. The third-order valence-electron chi connectivity index (χ3n) is 3.56. The van der Waals surface area contributed by atoms with Crippen LogP contribution < -0.4 is 15.4 Å². The Morgan fingerprint density at radius 3 is 2.54 bits per heavy atom. The van der Waals surface area contributed by atoms with E-state index in [2.05, 4.69) is 10.6 Å². The van der Waals surface area contributed by atoms with Crippen LogP contribution in [0.1, 0.15) is 21.5 Å². The molecule has 0 fully saturated rings. The van der Waals surface area contributed by atoms with Gasteiger partial charge in [0, 0.05) is 5.69 Å². The van der Waals surface area contributed by atoms with E-state index in [0.717, 1.165) is 11.1 Å². The van der Waals surface area contributed by atoms with Crippen LogP contribution in [0.4, 0.5) is 5.69 Å². The Morgan fingerprint density at radius 1 is 1.15 bits per heavy atom. The lowest BCUT2D eigenvalue weighted by molar-refractivity contribution is -0.121. The summed E-state index contributed by atoms with van der Waals surface area (Å²) in [7, 11) is 0. The van der Waals surface area contributed by atoms with E-state index in [4.69, 9.17) is 33.7 Å². The van der Waals surface area contributed by atoms with Crippen LogP contribution in [-0.4, -0.2) is 28.7 Å². The number of thiocarbonyl (C=S) groups is 1. The van der Waals surface area contributed by atoms with Gasteiger partial charge < -0.3 is 15.2 Å². The highest BCUT2D eigenvalue weighted by Gasteiger charge is 2.11. The van der Waals surface area contributed by atoms with Crippen molar-refractivity contribution in [3.05, 3.63) is 58.1 Å². The van der Waals surface area contributed by atoms with Crippen molar-refractivity contribution in [3.63, 3.8) is 0 Å². The van der Waals surface area contributed by atoms with Gasteiger partial charge in [-0.3, -0.25) is 10.1 Å². The van der Waals surface area contributed by atoms with Crippen molar-refractivity contribution < 1.29 is 19.4 Å². The number of rotatable bonds is 5. The van der Waals surface area contributed by atoms with E-state index in [1.165, 1.54) is 12.1 Å². The maximum absolute atomic E-state index is 11.9. The summed E-state index contributed by atoms with van der Waals surface area (Å²) in [4.78, 5) is 23.0. The van der Waals surface area contributed by atoms with E-state index < -0.39 is 11.9 Å². The Labute approximate surface area is 161 Å². The minimum absolute atomic E-state index is 0.0253. The van der Waals surface area contributed by atoms with Gasteiger partial charge in [0.25, 0.3) is 5.91 Å². The van der Waals surface area contributed by atoms with Gasteiger partial charge >= 0.3 is 5.97 Å². The molecule has 2 rings (SSSR count). The zero-order valence-corrected chi connectivity index (χ0v) is 15.7. The number of hydrogen-bond donors (Lipinski definition) is 3. The van der Waals surface area contributed by atoms with Crippen molar-refractivity contribution in [1.82, 2.24) is 5.32 Å². The second-order valence-corrected chi connectivity index (χ2v) is 6.35. The summed E-state index contributed by atoms with van der Waals surface area (Å²) in [6.45, 7) is 3.74. The number of aryl methyl sites for hydroxylation is 2. The molecular formula is C18H17ClN2O4S. The highest BCUT2D eigenvalue weighted by atomic mass is 35.5. The van der Waals surface area contributed by atoms with Gasteiger partial charge in [0.2, 0.25) is 0 Å². The molecule has 8 heteroatoms. The number of hydrogen-bond acceptors (Lipinski definition) is 4. The molecule has 1 amide bonds. The predicted octanol–water partition coefficient (Wildman–Crippen LogP) is 3.55. The van der Waals surface area contributed by atoms with Crippen LogP contribution in [0.2, 0.25) is 5.02 Å². The number of aromatic carboxylic acids is 1. The van der Waals surface area contributed by atoms with E-state index in [0.29, 0.717) is 11.4 Å². The lowest BCUT2D eigenvalue weighted by atomic mass is 10.1. The van der Waals surface area contributed by atoms with Crippen LogP contribution in [0.15, 0.2) is 36.4 Å². The molecule has 0 aromatic heterocycles. The molecule has 0 radical (unpaired) electrons. The fraction of sp³-hybridized carbons (Fsp3) is 0.167. The normalized spacial score (nSPS) is 10.1. The number of nitrogens with one attached hydrogen (secondary N) is 2. The van der Waals surface area contributed by atoms with Crippen LogP contribution in [0, 0.1) is 13.8 Å². The molecule has 0 bridgehead atoms. The van der Waals surface area contributed by atoms with Crippen LogP contribution in [0.3, 0.4) is 0 Å². The maximum Gasteiger partial charge on any atom is 0.337 e. The number of halogens is 1. The Hall–Kier alpha value is -2.64. The van der Waals surface area contributed by atoms with E-state index in [1.54, 1.807) is 12.1 Å². The summed E-state index contributed by atoms with van der Waals surface area (Å²) < 4.78 is 5.43. The topological polar surface area (TPSA) is 87.7 Å². The smallest absolute Gasteiger partial charge is 0.337 e. The zero-order chi connectivity index (χ0) is 19.3. The average molecular weight is 393 g/mol. The Kier molecular flexibility index (Phi) is 6.54. The van der Waals surface area contributed by atoms with Gasteiger partial charge in [0.15, 0.2) is 11.7 Å². The van der Waals surface area contributed by atoms with E-state index in [1.807, 2.05) is 26.0 Å². The fourth-order valence-corrected chi connectivity index (χ4v) is 2.47. The van der Waals surface area contributed by atoms with Gasteiger partial charge in [-0.2, -0.15) is 0 Å². The van der Waals surface area contributed by atoms with E-state index in [9.17, 15) is 9.59 Å².